The standard InChI is InChI=1S/C6H13NO2/c7-9-5-6(4-8)2-1-3-6/h8H,1-5,7H2. The molecule has 1 saturated carbocycles. The Morgan fingerprint density at radius 1 is 1.56 bits per heavy atom. The molecule has 9 heavy (non-hydrogen) atoms. The summed E-state index contributed by atoms with van der Waals surface area (Å²) in [6, 6.07) is 0. The van der Waals surface area contributed by atoms with Gasteiger partial charge in [0.1, 0.15) is 0 Å². The molecule has 0 heterocycles. The molecule has 54 valence electrons. The second-order valence-electron chi connectivity index (χ2n) is 2.82. The maximum Gasteiger partial charge on any atom is 0.0757 e. The van der Waals surface area contributed by atoms with E-state index < -0.39 is 0 Å². The molecule has 0 radical (unpaired) electrons. The number of aliphatic hydroxyl groups is 1. The quantitative estimate of drug-likeness (QED) is 0.532. The first-order chi connectivity index (χ1) is 4.33. The summed E-state index contributed by atoms with van der Waals surface area (Å²) in [6.07, 6.45) is 3.31. The van der Waals surface area contributed by atoms with Crippen molar-refractivity contribution in [3.63, 3.8) is 0 Å². The summed E-state index contributed by atoms with van der Waals surface area (Å²) in [5.41, 5.74) is 0.0226. The fraction of sp³-hybridized carbons (Fsp3) is 1.00. The number of hydrogen-bond acceptors (Lipinski definition) is 3. The van der Waals surface area contributed by atoms with Crippen LogP contribution in [0.3, 0.4) is 0 Å². The van der Waals surface area contributed by atoms with Crippen molar-refractivity contribution >= 4 is 0 Å². The highest BCUT2D eigenvalue weighted by atomic mass is 16.6. The normalized spacial score (nSPS) is 23.3. The van der Waals surface area contributed by atoms with Crippen LogP contribution in [0.1, 0.15) is 19.3 Å². The van der Waals surface area contributed by atoms with Gasteiger partial charge in [-0.15, -0.1) is 0 Å². The van der Waals surface area contributed by atoms with Gasteiger partial charge in [-0.1, -0.05) is 6.42 Å². The van der Waals surface area contributed by atoms with Crippen LogP contribution in [0.4, 0.5) is 0 Å². The highest BCUT2D eigenvalue weighted by Gasteiger charge is 2.36. The van der Waals surface area contributed by atoms with E-state index in [1.165, 1.54) is 6.42 Å². The van der Waals surface area contributed by atoms with Crippen molar-refractivity contribution in [1.29, 1.82) is 0 Å². The Labute approximate surface area is 54.8 Å². The van der Waals surface area contributed by atoms with Crippen molar-refractivity contribution in [1.82, 2.24) is 0 Å². The van der Waals surface area contributed by atoms with Crippen molar-refractivity contribution in [2.45, 2.75) is 19.3 Å². The Morgan fingerprint density at radius 3 is 2.33 bits per heavy atom. The van der Waals surface area contributed by atoms with Gasteiger partial charge in [-0.2, -0.15) is 0 Å². The topological polar surface area (TPSA) is 55.5 Å². The average molecular weight is 131 g/mol. The van der Waals surface area contributed by atoms with E-state index in [1.54, 1.807) is 0 Å². The summed E-state index contributed by atoms with van der Waals surface area (Å²) in [4.78, 5) is 4.48. The van der Waals surface area contributed by atoms with Gasteiger partial charge in [-0.3, -0.25) is 0 Å². The maximum absolute atomic E-state index is 8.83. The second-order valence-corrected chi connectivity index (χ2v) is 2.82. The van der Waals surface area contributed by atoms with Crippen LogP contribution in [0.15, 0.2) is 0 Å². The van der Waals surface area contributed by atoms with Crippen LogP contribution in [0.2, 0.25) is 0 Å². The van der Waals surface area contributed by atoms with E-state index in [9.17, 15) is 0 Å². The fourth-order valence-electron chi connectivity index (χ4n) is 1.20. The Hall–Kier alpha value is -0.120. The Balaban J connectivity index is 2.28. The van der Waals surface area contributed by atoms with Gasteiger partial charge in [0.2, 0.25) is 0 Å². The molecule has 0 aromatic heterocycles. The Kier molecular flexibility index (Phi) is 2.05. The van der Waals surface area contributed by atoms with E-state index in [2.05, 4.69) is 4.84 Å². The van der Waals surface area contributed by atoms with Crippen molar-refractivity contribution < 1.29 is 9.94 Å². The summed E-state index contributed by atoms with van der Waals surface area (Å²) in [5.74, 6) is 4.89. The van der Waals surface area contributed by atoms with Crippen LogP contribution in [0, 0.1) is 5.41 Å². The minimum atomic E-state index is 0.0226. The molecular formula is C6H13NO2. The molecule has 3 nitrogen and oxygen atoms in total. The van der Waals surface area contributed by atoms with Crippen LogP contribution in [-0.4, -0.2) is 18.3 Å². The third kappa shape index (κ3) is 1.23. The van der Waals surface area contributed by atoms with Gasteiger partial charge < -0.3 is 9.94 Å². The minimum Gasteiger partial charge on any atom is -0.396 e. The molecule has 1 fully saturated rings. The molecule has 1 aliphatic rings. The lowest BCUT2D eigenvalue weighted by Crippen LogP contribution is -2.38. The van der Waals surface area contributed by atoms with Gasteiger partial charge in [-0.05, 0) is 12.8 Å². The lowest BCUT2D eigenvalue weighted by atomic mass is 9.70. The van der Waals surface area contributed by atoms with Gasteiger partial charge in [0.15, 0.2) is 0 Å². The molecule has 0 saturated heterocycles. The zero-order valence-corrected chi connectivity index (χ0v) is 5.47. The molecular weight excluding hydrogens is 118 g/mol. The van der Waals surface area contributed by atoms with Crippen LogP contribution >= 0.6 is 0 Å². The Bertz CT molecular complexity index is 85.5. The molecule has 3 N–H and O–H groups in total. The molecule has 0 atom stereocenters. The van der Waals surface area contributed by atoms with Crippen molar-refractivity contribution in [2.75, 3.05) is 13.2 Å². The summed E-state index contributed by atoms with van der Waals surface area (Å²) < 4.78 is 0. The predicted octanol–water partition coefficient (Wildman–Crippen LogP) is 0.0393. The molecule has 0 bridgehead atoms. The average Bonchev–Trinajstić information content (AvgIpc) is 1.79. The molecule has 0 aromatic rings. The minimum absolute atomic E-state index is 0.0226. The summed E-state index contributed by atoms with van der Waals surface area (Å²) in [6.45, 7) is 0.716. The van der Waals surface area contributed by atoms with Gasteiger partial charge in [0.05, 0.1) is 13.2 Å². The van der Waals surface area contributed by atoms with Gasteiger partial charge in [-0.25, -0.2) is 5.90 Å². The van der Waals surface area contributed by atoms with E-state index in [-0.39, 0.29) is 12.0 Å². The highest BCUT2D eigenvalue weighted by molar-refractivity contribution is 4.86. The number of rotatable bonds is 3. The summed E-state index contributed by atoms with van der Waals surface area (Å²) >= 11 is 0. The highest BCUT2D eigenvalue weighted by Crippen LogP contribution is 2.40. The molecule has 1 aliphatic carbocycles. The second kappa shape index (κ2) is 2.64. The van der Waals surface area contributed by atoms with E-state index in [0.29, 0.717) is 6.61 Å². The van der Waals surface area contributed by atoms with Crippen molar-refractivity contribution in [3.8, 4) is 0 Å². The van der Waals surface area contributed by atoms with Gasteiger partial charge in [0.25, 0.3) is 0 Å². The molecule has 0 unspecified atom stereocenters. The van der Waals surface area contributed by atoms with Gasteiger partial charge in [0, 0.05) is 5.41 Å². The van der Waals surface area contributed by atoms with Crippen molar-refractivity contribution in [3.05, 3.63) is 0 Å². The number of nitrogens with two attached hydrogens (primary N) is 1. The van der Waals surface area contributed by atoms with Crippen LogP contribution in [0.25, 0.3) is 0 Å². The lowest BCUT2D eigenvalue weighted by molar-refractivity contribution is -0.0434. The predicted molar refractivity (Wildman–Crippen MR) is 33.5 cm³/mol. The first-order valence-electron chi connectivity index (χ1n) is 3.25. The van der Waals surface area contributed by atoms with E-state index in [4.69, 9.17) is 11.0 Å². The summed E-state index contributed by atoms with van der Waals surface area (Å²) in [7, 11) is 0. The molecule has 0 aromatic carbocycles. The summed E-state index contributed by atoms with van der Waals surface area (Å²) in [5, 5.41) is 8.83. The first kappa shape index (κ1) is 6.99. The van der Waals surface area contributed by atoms with Crippen LogP contribution < -0.4 is 5.90 Å². The van der Waals surface area contributed by atoms with E-state index >= 15 is 0 Å². The fourth-order valence-corrected chi connectivity index (χ4v) is 1.20. The molecule has 1 rings (SSSR count). The largest absolute Gasteiger partial charge is 0.396 e. The van der Waals surface area contributed by atoms with E-state index in [0.717, 1.165) is 12.8 Å². The zero-order chi connectivity index (χ0) is 6.74. The smallest absolute Gasteiger partial charge is 0.0757 e. The monoisotopic (exact) mass is 131 g/mol. The third-order valence-electron chi connectivity index (χ3n) is 2.14. The molecule has 0 amide bonds. The zero-order valence-electron chi connectivity index (χ0n) is 5.47. The van der Waals surface area contributed by atoms with Crippen molar-refractivity contribution in [2.24, 2.45) is 11.3 Å². The van der Waals surface area contributed by atoms with Gasteiger partial charge >= 0.3 is 0 Å². The van der Waals surface area contributed by atoms with E-state index in [1.807, 2.05) is 0 Å². The maximum atomic E-state index is 8.83. The SMILES string of the molecule is NOCC1(CO)CCC1. The van der Waals surface area contributed by atoms with Crippen LogP contribution in [-0.2, 0) is 4.84 Å². The first-order valence-corrected chi connectivity index (χ1v) is 3.25. The molecule has 3 heteroatoms. The molecule has 0 spiro atoms. The lowest BCUT2D eigenvalue weighted by Gasteiger charge is -2.38. The third-order valence-corrected chi connectivity index (χ3v) is 2.14. The Morgan fingerprint density at radius 2 is 2.22 bits per heavy atom. The molecule has 0 aliphatic heterocycles. The van der Waals surface area contributed by atoms with Crippen LogP contribution in [0.5, 0.6) is 0 Å². The number of aliphatic hydroxyl groups excluding tert-OH is 1. The number of hydrogen-bond donors (Lipinski definition) is 2.